The standard InChI is InChI=1S/C13H20N2S/c1-10(2)15-5-6-16-13-4-3-11-8-14-9-12(11)7-13/h3-4,7,10,14-15H,5-6,8-9H2,1-2H3. The van der Waals surface area contributed by atoms with Crippen molar-refractivity contribution in [2.45, 2.75) is 37.9 Å². The first kappa shape index (κ1) is 12.0. The minimum Gasteiger partial charge on any atom is -0.314 e. The van der Waals surface area contributed by atoms with Gasteiger partial charge in [0.05, 0.1) is 0 Å². The Bertz CT molecular complexity index is 350. The summed E-state index contributed by atoms with van der Waals surface area (Å²) in [6, 6.07) is 7.42. The third kappa shape index (κ3) is 3.24. The molecule has 1 aliphatic heterocycles. The van der Waals surface area contributed by atoms with Gasteiger partial charge in [-0.25, -0.2) is 0 Å². The summed E-state index contributed by atoms with van der Waals surface area (Å²) < 4.78 is 0. The Hall–Kier alpha value is -0.510. The fraction of sp³-hybridized carbons (Fsp3) is 0.538. The maximum Gasteiger partial charge on any atom is 0.0212 e. The van der Waals surface area contributed by atoms with Crippen LogP contribution in [0.2, 0.25) is 0 Å². The van der Waals surface area contributed by atoms with Crippen molar-refractivity contribution in [2.75, 3.05) is 12.3 Å². The molecule has 2 N–H and O–H groups in total. The fourth-order valence-electron chi connectivity index (χ4n) is 1.88. The Labute approximate surface area is 102 Å². The minimum atomic E-state index is 0.588. The molecule has 0 amide bonds. The number of fused-ring (bicyclic) bond motifs is 1. The highest BCUT2D eigenvalue weighted by atomic mass is 32.2. The Morgan fingerprint density at radius 1 is 1.31 bits per heavy atom. The first-order valence-electron chi connectivity index (χ1n) is 5.94. The molecule has 0 radical (unpaired) electrons. The van der Waals surface area contributed by atoms with Crippen LogP contribution in [0, 0.1) is 0 Å². The molecule has 0 atom stereocenters. The quantitative estimate of drug-likeness (QED) is 0.606. The molecular formula is C13H20N2S. The van der Waals surface area contributed by atoms with Gasteiger partial charge in [0.25, 0.3) is 0 Å². The van der Waals surface area contributed by atoms with Crippen molar-refractivity contribution in [3.8, 4) is 0 Å². The summed E-state index contributed by atoms with van der Waals surface area (Å²) in [5.41, 5.74) is 2.94. The summed E-state index contributed by atoms with van der Waals surface area (Å²) in [7, 11) is 0. The number of benzene rings is 1. The fourth-order valence-corrected chi connectivity index (χ4v) is 2.72. The highest BCUT2D eigenvalue weighted by Crippen LogP contribution is 2.23. The van der Waals surface area contributed by atoms with Crippen LogP contribution in [0.25, 0.3) is 0 Å². The van der Waals surface area contributed by atoms with Gasteiger partial charge in [0.1, 0.15) is 0 Å². The van der Waals surface area contributed by atoms with Gasteiger partial charge in [0.2, 0.25) is 0 Å². The molecule has 3 heteroatoms. The molecule has 1 heterocycles. The number of hydrogen-bond acceptors (Lipinski definition) is 3. The second kappa shape index (κ2) is 5.71. The van der Waals surface area contributed by atoms with E-state index >= 15 is 0 Å². The molecule has 1 aromatic rings. The van der Waals surface area contributed by atoms with Crippen molar-refractivity contribution in [1.29, 1.82) is 0 Å². The smallest absolute Gasteiger partial charge is 0.0212 e. The van der Waals surface area contributed by atoms with Crippen molar-refractivity contribution >= 4 is 11.8 Å². The predicted octanol–water partition coefficient (Wildman–Crippen LogP) is 2.38. The monoisotopic (exact) mass is 236 g/mol. The second-order valence-corrected chi connectivity index (χ2v) is 5.66. The molecule has 2 rings (SSSR count). The van der Waals surface area contributed by atoms with E-state index in [0.717, 1.165) is 25.4 Å². The van der Waals surface area contributed by atoms with Crippen LogP contribution in [0.4, 0.5) is 0 Å². The first-order chi connectivity index (χ1) is 7.75. The lowest BCUT2D eigenvalue weighted by atomic mass is 10.1. The van der Waals surface area contributed by atoms with E-state index in [0.29, 0.717) is 6.04 Å². The molecule has 2 nitrogen and oxygen atoms in total. The van der Waals surface area contributed by atoms with Crippen LogP contribution >= 0.6 is 11.8 Å². The zero-order valence-corrected chi connectivity index (χ0v) is 10.9. The van der Waals surface area contributed by atoms with Gasteiger partial charge in [-0.2, -0.15) is 0 Å². The zero-order valence-electron chi connectivity index (χ0n) is 10.0. The third-order valence-electron chi connectivity index (χ3n) is 2.73. The van der Waals surface area contributed by atoms with E-state index in [9.17, 15) is 0 Å². The van der Waals surface area contributed by atoms with Crippen molar-refractivity contribution in [2.24, 2.45) is 0 Å². The van der Waals surface area contributed by atoms with Crippen molar-refractivity contribution < 1.29 is 0 Å². The van der Waals surface area contributed by atoms with Gasteiger partial charge in [0, 0.05) is 36.3 Å². The number of thioether (sulfide) groups is 1. The summed E-state index contributed by atoms with van der Waals surface area (Å²) in [4.78, 5) is 1.40. The van der Waals surface area contributed by atoms with Crippen molar-refractivity contribution in [1.82, 2.24) is 10.6 Å². The van der Waals surface area contributed by atoms with Gasteiger partial charge < -0.3 is 10.6 Å². The molecule has 0 aromatic heterocycles. The summed E-state index contributed by atoms with van der Waals surface area (Å²) in [6.45, 7) is 7.53. The van der Waals surface area contributed by atoms with Crippen molar-refractivity contribution in [3.63, 3.8) is 0 Å². The number of nitrogens with one attached hydrogen (secondary N) is 2. The van der Waals surface area contributed by atoms with Crippen molar-refractivity contribution in [3.05, 3.63) is 29.3 Å². The minimum absolute atomic E-state index is 0.588. The molecule has 1 aliphatic rings. The van der Waals surface area contributed by atoms with Crippen LogP contribution in [0.3, 0.4) is 0 Å². The van der Waals surface area contributed by atoms with Crippen LogP contribution in [-0.2, 0) is 13.1 Å². The first-order valence-corrected chi connectivity index (χ1v) is 6.93. The Kier molecular flexibility index (Phi) is 4.27. The highest BCUT2D eigenvalue weighted by molar-refractivity contribution is 7.99. The van der Waals surface area contributed by atoms with Gasteiger partial charge in [-0.15, -0.1) is 11.8 Å². The van der Waals surface area contributed by atoms with Crippen LogP contribution in [0.1, 0.15) is 25.0 Å². The van der Waals surface area contributed by atoms with E-state index in [1.807, 2.05) is 11.8 Å². The normalized spacial score (nSPS) is 14.4. The van der Waals surface area contributed by atoms with Crippen LogP contribution < -0.4 is 10.6 Å². The summed E-state index contributed by atoms with van der Waals surface area (Å²) >= 11 is 1.94. The Balaban J connectivity index is 1.81. The zero-order chi connectivity index (χ0) is 11.4. The van der Waals surface area contributed by atoms with Gasteiger partial charge in [-0.3, -0.25) is 0 Å². The topological polar surface area (TPSA) is 24.1 Å². The average Bonchev–Trinajstić information content (AvgIpc) is 2.71. The maximum absolute atomic E-state index is 3.43. The Morgan fingerprint density at radius 3 is 2.94 bits per heavy atom. The van der Waals surface area contributed by atoms with E-state index in [-0.39, 0.29) is 0 Å². The van der Waals surface area contributed by atoms with E-state index in [1.165, 1.54) is 16.0 Å². The largest absolute Gasteiger partial charge is 0.314 e. The lowest BCUT2D eigenvalue weighted by molar-refractivity contribution is 0.616. The third-order valence-corrected chi connectivity index (χ3v) is 3.73. The maximum atomic E-state index is 3.43. The molecular weight excluding hydrogens is 216 g/mol. The molecule has 0 unspecified atom stereocenters. The molecule has 88 valence electrons. The lowest BCUT2D eigenvalue weighted by Crippen LogP contribution is -2.24. The Morgan fingerprint density at radius 2 is 2.12 bits per heavy atom. The summed E-state index contributed by atoms with van der Waals surface area (Å²) in [6.07, 6.45) is 0. The number of hydrogen-bond donors (Lipinski definition) is 2. The summed E-state index contributed by atoms with van der Waals surface area (Å²) in [5.74, 6) is 1.14. The predicted molar refractivity (Wildman–Crippen MR) is 70.8 cm³/mol. The molecule has 0 bridgehead atoms. The van der Waals surface area contributed by atoms with E-state index in [2.05, 4.69) is 42.7 Å². The van der Waals surface area contributed by atoms with E-state index < -0.39 is 0 Å². The van der Waals surface area contributed by atoms with Crippen LogP contribution in [0.15, 0.2) is 23.1 Å². The molecule has 0 spiro atoms. The molecule has 1 aromatic carbocycles. The van der Waals surface area contributed by atoms with Crippen LogP contribution in [-0.4, -0.2) is 18.3 Å². The molecule has 0 saturated carbocycles. The average molecular weight is 236 g/mol. The van der Waals surface area contributed by atoms with Gasteiger partial charge in [0.15, 0.2) is 0 Å². The lowest BCUT2D eigenvalue weighted by Gasteiger charge is -2.08. The SMILES string of the molecule is CC(C)NCCSc1ccc2c(c1)CNC2. The van der Waals surface area contributed by atoms with E-state index in [1.54, 1.807) is 0 Å². The van der Waals surface area contributed by atoms with Crippen LogP contribution in [0.5, 0.6) is 0 Å². The molecule has 16 heavy (non-hydrogen) atoms. The second-order valence-electron chi connectivity index (χ2n) is 4.49. The van der Waals surface area contributed by atoms with E-state index in [4.69, 9.17) is 0 Å². The van der Waals surface area contributed by atoms with Gasteiger partial charge in [-0.05, 0) is 23.3 Å². The molecule has 0 fully saturated rings. The molecule has 0 aliphatic carbocycles. The number of rotatable bonds is 5. The highest BCUT2D eigenvalue weighted by Gasteiger charge is 2.09. The summed E-state index contributed by atoms with van der Waals surface area (Å²) in [5, 5.41) is 6.81. The molecule has 0 saturated heterocycles. The van der Waals surface area contributed by atoms with Gasteiger partial charge >= 0.3 is 0 Å². The van der Waals surface area contributed by atoms with Gasteiger partial charge in [-0.1, -0.05) is 19.9 Å².